The third-order valence-corrected chi connectivity index (χ3v) is 3.53. The minimum Gasteiger partial charge on any atom is -0.360 e. The van der Waals surface area contributed by atoms with Crippen LogP contribution < -0.4 is 5.32 Å². The first-order valence-electron chi connectivity index (χ1n) is 7.25. The van der Waals surface area contributed by atoms with E-state index in [1.165, 1.54) is 0 Å². The van der Waals surface area contributed by atoms with Gasteiger partial charge >= 0.3 is 0 Å². The molecule has 1 rings (SSSR count). The maximum atomic E-state index is 5.39. The molecule has 19 heavy (non-hydrogen) atoms. The van der Waals surface area contributed by atoms with Crippen molar-refractivity contribution in [2.45, 2.75) is 53.8 Å². The zero-order valence-corrected chi connectivity index (χ0v) is 13.2. The van der Waals surface area contributed by atoms with Gasteiger partial charge in [-0.2, -0.15) is 0 Å². The molecule has 4 nitrogen and oxygen atoms in total. The molecule has 1 aromatic rings. The SMILES string of the molecule is CC(C)CNCc1cc(CN(C)C(C)C(C)C)on1. The van der Waals surface area contributed by atoms with E-state index < -0.39 is 0 Å². The van der Waals surface area contributed by atoms with Gasteiger partial charge in [-0.15, -0.1) is 0 Å². The zero-order chi connectivity index (χ0) is 14.4. The smallest absolute Gasteiger partial charge is 0.151 e. The van der Waals surface area contributed by atoms with Gasteiger partial charge in [0.25, 0.3) is 0 Å². The number of rotatable bonds is 8. The highest BCUT2D eigenvalue weighted by Crippen LogP contribution is 2.13. The number of nitrogens with one attached hydrogen (secondary N) is 1. The van der Waals surface area contributed by atoms with Crippen LogP contribution in [0.2, 0.25) is 0 Å². The van der Waals surface area contributed by atoms with Crippen molar-refractivity contribution in [3.8, 4) is 0 Å². The Bertz CT molecular complexity index is 360. The molecule has 1 N–H and O–H groups in total. The van der Waals surface area contributed by atoms with Crippen LogP contribution in [0.5, 0.6) is 0 Å². The Balaban J connectivity index is 2.42. The summed E-state index contributed by atoms with van der Waals surface area (Å²) < 4.78 is 5.39. The zero-order valence-electron chi connectivity index (χ0n) is 13.2. The van der Waals surface area contributed by atoms with Crippen LogP contribution in [0.15, 0.2) is 10.6 Å². The van der Waals surface area contributed by atoms with Gasteiger partial charge < -0.3 is 9.84 Å². The summed E-state index contributed by atoms with van der Waals surface area (Å²) in [6.07, 6.45) is 0. The summed E-state index contributed by atoms with van der Waals surface area (Å²) in [5, 5.41) is 7.48. The molecule has 1 unspecified atom stereocenters. The fourth-order valence-electron chi connectivity index (χ4n) is 1.90. The van der Waals surface area contributed by atoms with Crippen molar-refractivity contribution < 1.29 is 4.52 Å². The highest BCUT2D eigenvalue weighted by Gasteiger charge is 2.15. The lowest BCUT2D eigenvalue weighted by Crippen LogP contribution is -2.32. The van der Waals surface area contributed by atoms with Crippen LogP contribution in [-0.4, -0.2) is 29.7 Å². The lowest BCUT2D eigenvalue weighted by molar-refractivity contribution is 0.180. The summed E-state index contributed by atoms with van der Waals surface area (Å²) in [7, 11) is 2.13. The van der Waals surface area contributed by atoms with Gasteiger partial charge in [0.05, 0.1) is 12.2 Å². The Morgan fingerprint density at radius 2 is 1.95 bits per heavy atom. The summed E-state index contributed by atoms with van der Waals surface area (Å²) in [5.74, 6) is 2.24. The molecule has 0 amide bonds. The first-order chi connectivity index (χ1) is 8.90. The minimum atomic E-state index is 0.535. The van der Waals surface area contributed by atoms with Gasteiger partial charge in [0, 0.05) is 18.7 Å². The van der Waals surface area contributed by atoms with Gasteiger partial charge in [-0.05, 0) is 32.4 Å². The first kappa shape index (κ1) is 16.2. The molecular weight excluding hydrogens is 238 g/mol. The Hall–Kier alpha value is -0.870. The van der Waals surface area contributed by atoms with Crippen molar-refractivity contribution >= 4 is 0 Å². The summed E-state index contributed by atoms with van der Waals surface area (Å²) in [5.41, 5.74) is 0.987. The molecule has 0 aliphatic rings. The molecule has 0 aliphatic heterocycles. The van der Waals surface area contributed by atoms with E-state index in [2.05, 4.69) is 63.1 Å². The number of hydrogen-bond donors (Lipinski definition) is 1. The van der Waals surface area contributed by atoms with Gasteiger partial charge in [0.1, 0.15) is 0 Å². The van der Waals surface area contributed by atoms with Crippen molar-refractivity contribution in [3.05, 3.63) is 17.5 Å². The average Bonchev–Trinajstić information content (AvgIpc) is 2.75. The van der Waals surface area contributed by atoms with Gasteiger partial charge in [-0.1, -0.05) is 32.9 Å². The second-order valence-electron chi connectivity index (χ2n) is 6.21. The van der Waals surface area contributed by atoms with Gasteiger partial charge in [-0.3, -0.25) is 4.90 Å². The fourth-order valence-corrected chi connectivity index (χ4v) is 1.90. The predicted octanol–water partition coefficient (Wildman–Crippen LogP) is 2.90. The largest absolute Gasteiger partial charge is 0.360 e. The van der Waals surface area contributed by atoms with Crippen molar-refractivity contribution in [1.29, 1.82) is 0 Å². The van der Waals surface area contributed by atoms with Gasteiger partial charge in [-0.25, -0.2) is 0 Å². The highest BCUT2D eigenvalue weighted by molar-refractivity contribution is 5.05. The minimum absolute atomic E-state index is 0.535. The normalized spacial score (nSPS) is 13.7. The van der Waals surface area contributed by atoms with Crippen LogP contribution in [-0.2, 0) is 13.1 Å². The standard InChI is InChI=1S/C15H29N3O/c1-11(2)8-16-9-14-7-15(19-17-14)10-18(6)13(5)12(3)4/h7,11-13,16H,8-10H2,1-6H3. The van der Waals surface area contributed by atoms with Gasteiger partial charge in [0.15, 0.2) is 5.76 Å². The molecule has 110 valence electrons. The molecule has 0 aliphatic carbocycles. The third-order valence-electron chi connectivity index (χ3n) is 3.53. The Morgan fingerprint density at radius 3 is 2.53 bits per heavy atom. The molecule has 1 aromatic heterocycles. The predicted molar refractivity (Wildman–Crippen MR) is 78.8 cm³/mol. The molecule has 0 fully saturated rings. The maximum Gasteiger partial charge on any atom is 0.151 e. The lowest BCUT2D eigenvalue weighted by Gasteiger charge is -2.26. The monoisotopic (exact) mass is 267 g/mol. The molecule has 4 heteroatoms. The van der Waals surface area contributed by atoms with E-state index in [0.29, 0.717) is 17.9 Å². The Labute approximate surface area is 117 Å². The topological polar surface area (TPSA) is 41.3 Å². The second kappa shape index (κ2) is 7.65. The first-order valence-corrected chi connectivity index (χ1v) is 7.25. The third kappa shape index (κ3) is 5.74. The van der Waals surface area contributed by atoms with E-state index in [4.69, 9.17) is 4.52 Å². The molecule has 1 atom stereocenters. The van der Waals surface area contributed by atoms with E-state index >= 15 is 0 Å². The molecule has 1 heterocycles. The van der Waals surface area contributed by atoms with E-state index in [-0.39, 0.29) is 0 Å². The summed E-state index contributed by atoms with van der Waals surface area (Å²) in [6, 6.07) is 2.59. The number of hydrogen-bond acceptors (Lipinski definition) is 4. The summed E-state index contributed by atoms with van der Waals surface area (Å²) >= 11 is 0. The van der Waals surface area contributed by atoms with Crippen LogP contribution >= 0.6 is 0 Å². The van der Waals surface area contributed by atoms with E-state index in [9.17, 15) is 0 Å². The Kier molecular flexibility index (Phi) is 6.52. The molecular formula is C15H29N3O. The van der Waals surface area contributed by atoms with Crippen molar-refractivity contribution in [2.75, 3.05) is 13.6 Å². The molecule has 0 radical (unpaired) electrons. The summed E-state index contributed by atoms with van der Waals surface area (Å²) in [4.78, 5) is 2.30. The van der Waals surface area contributed by atoms with Crippen LogP contribution in [0, 0.1) is 11.8 Å². The molecule has 0 bridgehead atoms. The lowest BCUT2D eigenvalue weighted by atomic mass is 10.1. The average molecular weight is 267 g/mol. The molecule has 0 spiro atoms. The molecule has 0 saturated carbocycles. The molecule has 0 aromatic carbocycles. The van der Waals surface area contributed by atoms with E-state index in [1.807, 2.05) is 0 Å². The quantitative estimate of drug-likeness (QED) is 0.786. The second-order valence-corrected chi connectivity index (χ2v) is 6.21. The van der Waals surface area contributed by atoms with Gasteiger partial charge in [0.2, 0.25) is 0 Å². The maximum absolute atomic E-state index is 5.39. The van der Waals surface area contributed by atoms with Crippen molar-refractivity contribution in [3.63, 3.8) is 0 Å². The van der Waals surface area contributed by atoms with Crippen LogP contribution in [0.4, 0.5) is 0 Å². The molecule has 0 saturated heterocycles. The fraction of sp³-hybridized carbons (Fsp3) is 0.800. The van der Waals surface area contributed by atoms with Crippen molar-refractivity contribution in [2.24, 2.45) is 11.8 Å². The number of nitrogens with zero attached hydrogens (tertiary/aromatic N) is 2. The van der Waals surface area contributed by atoms with Crippen LogP contribution in [0.1, 0.15) is 46.1 Å². The van der Waals surface area contributed by atoms with Crippen LogP contribution in [0.25, 0.3) is 0 Å². The van der Waals surface area contributed by atoms with E-state index in [1.54, 1.807) is 0 Å². The summed E-state index contributed by atoms with van der Waals surface area (Å²) in [6.45, 7) is 13.7. The number of aromatic nitrogens is 1. The Morgan fingerprint density at radius 1 is 1.26 bits per heavy atom. The highest BCUT2D eigenvalue weighted by atomic mass is 16.5. The van der Waals surface area contributed by atoms with Crippen LogP contribution in [0.3, 0.4) is 0 Å². The van der Waals surface area contributed by atoms with E-state index in [0.717, 1.165) is 31.1 Å². The van der Waals surface area contributed by atoms with Crippen molar-refractivity contribution in [1.82, 2.24) is 15.4 Å².